The van der Waals surface area contributed by atoms with Gasteiger partial charge in [-0.25, -0.2) is 13.2 Å². The summed E-state index contributed by atoms with van der Waals surface area (Å²) in [7, 11) is 12.3. The summed E-state index contributed by atoms with van der Waals surface area (Å²) in [5, 5.41) is 21.2. The fourth-order valence-corrected chi connectivity index (χ4v) is 10.3. The molecule has 2 heterocycles. The van der Waals surface area contributed by atoms with Crippen LogP contribution in [-0.4, -0.2) is 86.8 Å². The SMILES string of the molecule is CN(C)CCCC(O)(c1ccc(F)cc1)c1ccc(Br)cc1CO.CN(C)CCCC1(c2ccc(F)cc2)OCc2cc(Br)ccc21.CN(C)CCCC1(c2ccc(F)cc2)OCc2ccccc21. The minimum Gasteiger partial charge on any atom is -0.392 e. The van der Waals surface area contributed by atoms with Crippen molar-refractivity contribution in [2.24, 2.45) is 0 Å². The lowest BCUT2D eigenvalue weighted by molar-refractivity contribution is -0.0141. The molecule has 2 aliphatic heterocycles. The van der Waals surface area contributed by atoms with Crippen molar-refractivity contribution in [1.82, 2.24) is 14.7 Å². The molecule has 7 nitrogen and oxygen atoms in total. The number of hydrogen-bond acceptors (Lipinski definition) is 7. The summed E-state index contributed by atoms with van der Waals surface area (Å²) in [6.07, 6.45) is 5.06. The Labute approximate surface area is 424 Å². The summed E-state index contributed by atoms with van der Waals surface area (Å²) in [6.45, 7) is 3.87. The molecule has 0 spiro atoms. The lowest BCUT2D eigenvalue weighted by Gasteiger charge is -2.32. The van der Waals surface area contributed by atoms with Gasteiger partial charge in [-0.3, -0.25) is 0 Å². The van der Waals surface area contributed by atoms with Crippen LogP contribution in [0.15, 0.2) is 142 Å². The molecule has 0 bridgehead atoms. The fourth-order valence-electron chi connectivity index (χ4n) is 9.49. The number of ether oxygens (including phenoxy) is 2. The van der Waals surface area contributed by atoms with Crippen LogP contribution in [0.4, 0.5) is 13.2 Å². The Bertz CT molecular complexity index is 2560. The molecule has 3 atom stereocenters. The molecule has 0 amide bonds. The maximum atomic E-state index is 13.4. The number of aliphatic hydroxyl groups excluding tert-OH is 1. The second kappa shape index (κ2) is 24.8. The number of rotatable bonds is 17. The Morgan fingerprint density at radius 3 is 1.52 bits per heavy atom. The van der Waals surface area contributed by atoms with Gasteiger partial charge in [-0.15, -0.1) is 0 Å². The van der Waals surface area contributed by atoms with Crippen molar-refractivity contribution < 1.29 is 32.9 Å². The highest BCUT2D eigenvalue weighted by Crippen LogP contribution is 2.47. The lowest BCUT2D eigenvalue weighted by atomic mass is 9.80. The molecular formula is C57H66Br2F3N3O4. The van der Waals surface area contributed by atoms with Gasteiger partial charge in [0.15, 0.2) is 0 Å². The summed E-state index contributed by atoms with van der Waals surface area (Å²) in [6, 6.07) is 39.5. The van der Waals surface area contributed by atoms with Gasteiger partial charge in [-0.05, 0) is 211 Å². The average molecular weight is 1070 g/mol. The van der Waals surface area contributed by atoms with E-state index in [0.717, 1.165) is 71.8 Å². The Morgan fingerprint density at radius 1 is 0.551 bits per heavy atom. The van der Waals surface area contributed by atoms with Crippen molar-refractivity contribution in [2.45, 2.75) is 75.1 Å². The molecule has 2 N–H and O–H groups in total. The zero-order valence-electron chi connectivity index (χ0n) is 40.6. The van der Waals surface area contributed by atoms with Gasteiger partial charge in [-0.1, -0.05) is 105 Å². The van der Waals surface area contributed by atoms with Gasteiger partial charge in [0, 0.05) is 8.95 Å². The van der Waals surface area contributed by atoms with Crippen LogP contribution >= 0.6 is 31.9 Å². The zero-order valence-corrected chi connectivity index (χ0v) is 43.8. The molecule has 6 aromatic rings. The Balaban J connectivity index is 0.000000170. The number of fused-ring (bicyclic) bond motifs is 2. The molecule has 3 unspecified atom stereocenters. The van der Waals surface area contributed by atoms with Crippen LogP contribution in [0, 0.1) is 17.5 Å². The van der Waals surface area contributed by atoms with E-state index in [1.165, 1.54) is 58.7 Å². The van der Waals surface area contributed by atoms with E-state index in [2.05, 4.69) is 111 Å². The predicted octanol–water partition coefficient (Wildman–Crippen LogP) is 12.3. The van der Waals surface area contributed by atoms with Crippen molar-refractivity contribution in [1.29, 1.82) is 0 Å². The monoisotopic (exact) mass is 1070 g/mol. The van der Waals surface area contributed by atoms with Crippen molar-refractivity contribution in [2.75, 3.05) is 61.9 Å². The molecule has 12 heteroatoms. The van der Waals surface area contributed by atoms with Crippen molar-refractivity contribution in [3.63, 3.8) is 0 Å². The molecule has 6 aromatic carbocycles. The fraction of sp³-hybridized carbons (Fsp3) is 0.368. The molecule has 0 saturated carbocycles. The van der Waals surface area contributed by atoms with Crippen LogP contribution in [0.25, 0.3) is 0 Å². The van der Waals surface area contributed by atoms with E-state index in [9.17, 15) is 23.4 Å². The van der Waals surface area contributed by atoms with E-state index in [0.29, 0.717) is 36.3 Å². The molecule has 8 rings (SSSR count). The van der Waals surface area contributed by atoms with E-state index in [1.807, 2.05) is 56.6 Å². The smallest absolute Gasteiger partial charge is 0.123 e. The second-order valence-corrected chi connectivity index (χ2v) is 20.6. The van der Waals surface area contributed by atoms with E-state index in [4.69, 9.17) is 9.47 Å². The predicted molar refractivity (Wildman–Crippen MR) is 277 cm³/mol. The van der Waals surface area contributed by atoms with Gasteiger partial charge in [-0.2, -0.15) is 0 Å². The molecule has 2 aliphatic rings. The largest absolute Gasteiger partial charge is 0.392 e. The van der Waals surface area contributed by atoms with Gasteiger partial charge in [0.1, 0.15) is 34.3 Å². The molecule has 0 aliphatic carbocycles. The van der Waals surface area contributed by atoms with Gasteiger partial charge in [0.25, 0.3) is 0 Å². The van der Waals surface area contributed by atoms with Crippen LogP contribution in [0.1, 0.15) is 88.6 Å². The number of aliphatic hydroxyl groups is 2. The highest BCUT2D eigenvalue weighted by Gasteiger charge is 2.42. The maximum Gasteiger partial charge on any atom is 0.123 e. The van der Waals surface area contributed by atoms with Crippen LogP contribution in [-0.2, 0) is 46.1 Å². The van der Waals surface area contributed by atoms with Gasteiger partial charge in [0.05, 0.1) is 19.8 Å². The zero-order chi connectivity index (χ0) is 49.8. The summed E-state index contributed by atoms with van der Waals surface area (Å²) >= 11 is 6.92. The number of hydrogen-bond donors (Lipinski definition) is 2. The van der Waals surface area contributed by atoms with Crippen molar-refractivity contribution in [3.8, 4) is 0 Å². The molecule has 69 heavy (non-hydrogen) atoms. The van der Waals surface area contributed by atoms with E-state index < -0.39 is 16.8 Å². The molecule has 0 saturated heterocycles. The van der Waals surface area contributed by atoms with E-state index >= 15 is 0 Å². The van der Waals surface area contributed by atoms with Crippen LogP contribution in [0.2, 0.25) is 0 Å². The summed E-state index contributed by atoms with van der Waals surface area (Å²) in [5.74, 6) is -0.766. The van der Waals surface area contributed by atoms with Crippen LogP contribution < -0.4 is 0 Å². The van der Waals surface area contributed by atoms with Gasteiger partial charge in [0.2, 0.25) is 0 Å². The van der Waals surface area contributed by atoms with Crippen LogP contribution in [0.3, 0.4) is 0 Å². The number of benzene rings is 6. The van der Waals surface area contributed by atoms with Crippen LogP contribution in [0.5, 0.6) is 0 Å². The summed E-state index contributed by atoms with van der Waals surface area (Å²) < 4.78 is 54.4. The Hall–Kier alpha value is -4.21. The summed E-state index contributed by atoms with van der Waals surface area (Å²) in [5.41, 5.74) is 6.66. The van der Waals surface area contributed by atoms with Gasteiger partial charge >= 0.3 is 0 Å². The minimum atomic E-state index is -1.28. The van der Waals surface area contributed by atoms with Gasteiger partial charge < -0.3 is 34.4 Å². The normalized spacial score (nSPS) is 18.0. The first-order valence-electron chi connectivity index (χ1n) is 23.5. The molecular weight excluding hydrogens is 1010 g/mol. The second-order valence-electron chi connectivity index (χ2n) is 18.8. The first-order chi connectivity index (χ1) is 33.0. The van der Waals surface area contributed by atoms with Crippen molar-refractivity contribution >= 4 is 31.9 Å². The Morgan fingerprint density at radius 2 is 1.00 bits per heavy atom. The lowest BCUT2D eigenvalue weighted by Crippen LogP contribution is -2.30. The number of nitrogens with zero attached hydrogens (tertiary/aromatic N) is 3. The first-order valence-corrected chi connectivity index (χ1v) is 25.1. The Kier molecular flexibility index (Phi) is 19.4. The van der Waals surface area contributed by atoms with E-state index in [1.54, 1.807) is 18.2 Å². The average Bonchev–Trinajstić information content (AvgIpc) is 3.88. The molecule has 0 aromatic heterocycles. The first kappa shape index (κ1) is 54.1. The standard InChI is InChI=1S/C19H23BrFNO2.C19H21BrFNO.C19H22FNO/c1-22(2)11-3-10-19(24,15-4-7-17(21)8-5-15)18-9-6-16(20)12-14(18)13-23;1-22(2)11-3-10-19(15-4-7-17(21)8-5-15)18-9-6-16(20)12-14(18)13-23-19;1-21(2)13-5-12-19(16-8-10-17(20)11-9-16)18-7-4-3-6-15(18)14-22-19/h4-9,12,23-24H,3,10-11,13H2,1-2H3;4-9,12H,3,10-11,13H2,1-2H3;3-4,6-11H,5,12-14H2,1-2H3. The summed E-state index contributed by atoms with van der Waals surface area (Å²) in [4.78, 5) is 6.41. The molecule has 0 radical (unpaired) electrons. The maximum absolute atomic E-state index is 13.4. The third-order valence-corrected chi connectivity index (χ3v) is 13.9. The van der Waals surface area contributed by atoms with E-state index in [-0.39, 0.29) is 24.1 Å². The number of halogens is 5. The highest BCUT2D eigenvalue weighted by atomic mass is 79.9. The highest BCUT2D eigenvalue weighted by molar-refractivity contribution is 9.10. The van der Waals surface area contributed by atoms with Crippen molar-refractivity contribution in [3.05, 3.63) is 210 Å². The third-order valence-electron chi connectivity index (χ3n) is 12.9. The topological polar surface area (TPSA) is 68.6 Å². The minimum absolute atomic E-state index is 0.175. The quantitative estimate of drug-likeness (QED) is 0.0943. The third kappa shape index (κ3) is 13.6. The molecule has 0 fully saturated rings. The molecule has 368 valence electrons.